The molecule has 0 fully saturated rings. The minimum atomic E-state index is 0.533. The SMILES string of the molecule is CCOc1cc2nc(-c3ccc(OC)c(OC)c3)nc(N3CCc4ccccc4C3)c2cc1OC. The predicted octanol–water partition coefficient (Wildman–Crippen LogP) is 5.28. The van der Waals surface area contributed by atoms with Gasteiger partial charge in [0.1, 0.15) is 5.82 Å². The Morgan fingerprint density at radius 2 is 1.54 bits per heavy atom. The normalized spacial score (nSPS) is 12.9. The number of anilines is 1. The first kappa shape index (κ1) is 22.8. The molecule has 0 amide bonds. The number of nitrogens with zero attached hydrogens (tertiary/aromatic N) is 3. The van der Waals surface area contributed by atoms with Gasteiger partial charge in [0, 0.05) is 30.1 Å². The minimum Gasteiger partial charge on any atom is -0.493 e. The molecule has 0 atom stereocenters. The van der Waals surface area contributed by atoms with E-state index in [1.807, 2.05) is 37.3 Å². The Balaban J connectivity index is 1.69. The van der Waals surface area contributed by atoms with E-state index in [-0.39, 0.29) is 0 Å². The summed E-state index contributed by atoms with van der Waals surface area (Å²) in [7, 11) is 4.90. The molecule has 0 aliphatic carbocycles. The van der Waals surface area contributed by atoms with Crippen LogP contribution in [0.3, 0.4) is 0 Å². The zero-order chi connectivity index (χ0) is 24.4. The van der Waals surface area contributed by atoms with Crippen molar-refractivity contribution in [3.8, 4) is 34.4 Å². The summed E-state index contributed by atoms with van der Waals surface area (Å²) in [5.74, 6) is 4.10. The number of aromatic nitrogens is 2. The molecule has 1 aliphatic rings. The van der Waals surface area contributed by atoms with Gasteiger partial charge in [0.05, 0.1) is 33.5 Å². The summed E-state index contributed by atoms with van der Waals surface area (Å²) in [5.41, 5.74) is 4.34. The van der Waals surface area contributed by atoms with Crippen LogP contribution in [0.5, 0.6) is 23.0 Å². The third kappa shape index (κ3) is 4.30. The van der Waals surface area contributed by atoms with Crippen LogP contribution in [0.25, 0.3) is 22.3 Å². The molecular weight excluding hydrogens is 442 g/mol. The molecule has 1 aromatic heterocycles. The molecule has 0 radical (unpaired) electrons. The number of rotatable bonds is 7. The van der Waals surface area contributed by atoms with Gasteiger partial charge in [0.15, 0.2) is 28.8 Å². The predicted molar refractivity (Wildman–Crippen MR) is 137 cm³/mol. The lowest BCUT2D eigenvalue weighted by atomic mass is 9.99. The quantitative estimate of drug-likeness (QED) is 0.363. The highest BCUT2D eigenvalue weighted by atomic mass is 16.5. The van der Waals surface area contributed by atoms with Crippen molar-refractivity contribution in [1.29, 1.82) is 0 Å². The molecule has 1 aliphatic heterocycles. The summed E-state index contributed by atoms with van der Waals surface area (Å²) in [6.07, 6.45) is 0.960. The van der Waals surface area contributed by atoms with Crippen molar-refractivity contribution in [2.24, 2.45) is 0 Å². The van der Waals surface area contributed by atoms with Gasteiger partial charge >= 0.3 is 0 Å². The average Bonchev–Trinajstić information content (AvgIpc) is 2.91. The molecule has 0 saturated carbocycles. The van der Waals surface area contributed by atoms with Gasteiger partial charge in [0.2, 0.25) is 0 Å². The fourth-order valence-electron chi connectivity index (χ4n) is 4.57. The topological polar surface area (TPSA) is 65.9 Å². The third-order valence-electron chi connectivity index (χ3n) is 6.33. The standard InChI is InChI=1S/C28H29N3O4/c1-5-35-26-16-22-21(15-25(26)34-4)28(31-13-12-18-8-6-7-9-20(18)17-31)30-27(29-22)19-10-11-23(32-2)24(14-19)33-3/h6-11,14-16H,5,12-13,17H2,1-4H3. The zero-order valence-electron chi connectivity index (χ0n) is 20.5. The molecular formula is C28H29N3O4. The van der Waals surface area contributed by atoms with Crippen molar-refractivity contribution in [3.63, 3.8) is 0 Å². The van der Waals surface area contributed by atoms with Crippen LogP contribution in [0.15, 0.2) is 54.6 Å². The first-order valence-corrected chi connectivity index (χ1v) is 11.7. The lowest BCUT2D eigenvalue weighted by molar-refractivity contribution is 0.311. The van der Waals surface area contributed by atoms with Crippen LogP contribution >= 0.6 is 0 Å². The van der Waals surface area contributed by atoms with E-state index in [2.05, 4.69) is 29.2 Å². The van der Waals surface area contributed by atoms with Crippen molar-refractivity contribution < 1.29 is 18.9 Å². The van der Waals surface area contributed by atoms with E-state index in [0.717, 1.165) is 41.8 Å². The fourth-order valence-corrected chi connectivity index (χ4v) is 4.57. The Bertz CT molecular complexity index is 1370. The Labute approximate surface area is 205 Å². The van der Waals surface area contributed by atoms with Gasteiger partial charge in [0.25, 0.3) is 0 Å². The molecule has 7 nitrogen and oxygen atoms in total. The maximum Gasteiger partial charge on any atom is 0.163 e. The number of fused-ring (bicyclic) bond motifs is 2. The Hall–Kier alpha value is -4.00. The second-order valence-electron chi connectivity index (χ2n) is 8.33. The summed E-state index contributed by atoms with van der Waals surface area (Å²) in [5, 5.41) is 0.925. The van der Waals surface area contributed by atoms with Gasteiger partial charge in [-0.1, -0.05) is 24.3 Å². The van der Waals surface area contributed by atoms with Gasteiger partial charge in [-0.25, -0.2) is 9.97 Å². The van der Waals surface area contributed by atoms with Crippen LogP contribution in [0, 0.1) is 0 Å². The fraction of sp³-hybridized carbons (Fsp3) is 0.286. The maximum absolute atomic E-state index is 5.84. The minimum absolute atomic E-state index is 0.533. The lowest BCUT2D eigenvalue weighted by Crippen LogP contribution is -2.31. The molecule has 0 unspecified atom stereocenters. The van der Waals surface area contributed by atoms with Crippen molar-refractivity contribution in [2.75, 3.05) is 39.4 Å². The molecule has 2 heterocycles. The molecule has 0 saturated heterocycles. The largest absolute Gasteiger partial charge is 0.493 e. The van der Waals surface area contributed by atoms with E-state index in [4.69, 9.17) is 28.9 Å². The van der Waals surface area contributed by atoms with E-state index in [1.54, 1.807) is 21.3 Å². The Morgan fingerprint density at radius 1 is 0.800 bits per heavy atom. The van der Waals surface area contributed by atoms with Gasteiger partial charge in [-0.3, -0.25) is 0 Å². The highest BCUT2D eigenvalue weighted by Gasteiger charge is 2.23. The molecule has 3 aromatic carbocycles. The third-order valence-corrected chi connectivity index (χ3v) is 6.33. The molecule has 4 aromatic rings. The summed E-state index contributed by atoms with van der Waals surface area (Å²) in [6, 6.07) is 18.2. The summed E-state index contributed by atoms with van der Waals surface area (Å²) in [6.45, 7) is 4.13. The first-order valence-electron chi connectivity index (χ1n) is 11.7. The molecule has 0 spiro atoms. The molecule has 35 heavy (non-hydrogen) atoms. The molecule has 5 rings (SSSR count). The molecule has 0 bridgehead atoms. The lowest BCUT2D eigenvalue weighted by Gasteiger charge is -2.31. The smallest absolute Gasteiger partial charge is 0.163 e. The molecule has 0 N–H and O–H groups in total. The number of ether oxygens (including phenoxy) is 4. The van der Waals surface area contributed by atoms with Crippen LogP contribution < -0.4 is 23.8 Å². The van der Waals surface area contributed by atoms with Gasteiger partial charge in [-0.05, 0) is 48.7 Å². The van der Waals surface area contributed by atoms with Crippen molar-refractivity contribution in [2.45, 2.75) is 19.9 Å². The van der Waals surface area contributed by atoms with E-state index in [0.29, 0.717) is 35.4 Å². The monoisotopic (exact) mass is 471 g/mol. The molecule has 7 heteroatoms. The summed E-state index contributed by atoms with van der Waals surface area (Å²) in [4.78, 5) is 12.3. The number of hydrogen-bond acceptors (Lipinski definition) is 7. The Kier molecular flexibility index (Phi) is 6.31. The second kappa shape index (κ2) is 9.70. The number of methoxy groups -OCH3 is 3. The zero-order valence-corrected chi connectivity index (χ0v) is 20.5. The highest BCUT2D eigenvalue weighted by Crippen LogP contribution is 2.39. The highest BCUT2D eigenvalue weighted by molar-refractivity contribution is 5.93. The van der Waals surface area contributed by atoms with Crippen LogP contribution in [-0.2, 0) is 13.0 Å². The van der Waals surface area contributed by atoms with Crippen LogP contribution in [-0.4, -0.2) is 44.4 Å². The van der Waals surface area contributed by atoms with E-state index >= 15 is 0 Å². The number of hydrogen-bond donors (Lipinski definition) is 0. The van der Waals surface area contributed by atoms with Gasteiger partial charge in [-0.15, -0.1) is 0 Å². The molecule has 180 valence electrons. The maximum atomic E-state index is 5.84. The summed E-state index contributed by atoms with van der Waals surface area (Å²) >= 11 is 0. The first-order chi connectivity index (χ1) is 17.1. The van der Waals surface area contributed by atoms with Crippen molar-refractivity contribution in [3.05, 3.63) is 65.7 Å². The average molecular weight is 472 g/mol. The van der Waals surface area contributed by atoms with Crippen molar-refractivity contribution >= 4 is 16.7 Å². The van der Waals surface area contributed by atoms with Crippen LogP contribution in [0.1, 0.15) is 18.1 Å². The van der Waals surface area contributed by atoms with Gasteiger partial charge in [-0.2, -0.15) is 0 Å². The van der Waals surface area contributed by atoms with E-state index in [9.17, 15) is 0 Å². The van der Waals surface area contributed by atoms with Crippen LogP contribution in [0.2, 0.25) is 0 Å². The van der Waals surface area contributed by atoms with Crippen molar-refractivity contribution in [1.82, 2.24) is 9.97 Å². The summed E-state index contributed by atoms with van der Waals surface area (Å²) < 4.78 is 22.4. The van der Waals surface area contributed by atoms with E-state index in [1.165, 1.54) is 11.1 Å². The van der Waals surface area contributed by atoms with Gasteiger partial charge < -0.3 is 23.8 Å². The number of benzene rings is 3. The second-order valence-corrected chi connectivity index (χ2v) is 8.33. The van der Waals surface area contributed by atoms with Crippen LogP contribution in [0.4, 0.5) is 5.82 Å². The van der Waals surface area contributed by atoms with E-state index < -0.39 is 0 Å². The Morgan fingerprint density at radius 3 is 2.29 bits per heavy atom.